The molecule has 6 rings (SSSR count). The second-order valence-corrected chi connectivity index (χ2v) is 10.7. The number of hydrogen-bond acceptors (Lipinski definition) is 6. The van der Waals surface area contributed by atoms with Gasteiger partial charge in [0, 0.05) is 13.1 Å². The number of nitrogens with one attached hydrogen (secondary N) is 1. The second-order valence-electron chi connectivity index (χ2n) is 9.63. The van der Waals surface area contributed by atoms with Gasteiger partial charge in [-0.15, -0.1) is 0 Å². The lowest BCUT2D eigenvalue weighted by atomic mass is 10.1. The minimum Gasteiger partial charge on any atom is -0.489 e. The van der Waals surface area contributed by atoms with Gasteiger partial charge in [0.15, 0.2) is 5.84 Å². The van der Waals surface area contributed by atoms with Gasteiger partial charge in [0.25, 0.3) is 5.91 Å². The first-order valence-corrected chi connectivity index (χ1v) is 13.8. The highest BCUT2D eigenvalue weighted by atomic mass is 32.2. The third kappa shape index (κ3) is 5.35. The highest BCUT2D eigenvalue weighted by molar-refractivity contribution is 8.27. The number of nitrogens with zero attached hydrogens (tertiary/aromatic N) is 4. The first kappa shape index (κ1) is 25.1. The fourth-order valence-electron chi connectivity index (χ4n) is 4.89. The molecule has 1 fully saturated rings. The smallest absolute Gasteiger partial charge is 0.283 e. The van der Waals surface area contributed by atoms with Crippen LogP contribution in [0.15, 0.2) is 82.4 Å². The number of thioether (sulfide) groups is 1. The molecule has 0 bridgehead atoms. The molecule has 3 aliphatic rings. The highest BCUT2D eigenvalue weighted by Gasteiger charge is 2.36. The van der Waals surface area contributed by atoms with E-state index in [-0.39, 0.29) is 23.7 Å². The number of carbonyl (C=O) groups is 2. The van der Waals surface area contributed by atoms with Gasteiger partial charge in [0.2, 0.25) is 11.1 Å². The summed E-state index contributed by atoms with van der Waals surface area (Å²) in [5.41, 5.74) is 2.00. The number of ether oxygens (including phenoxy) is 1. The summed E-state index contributed by atoms with van der Waals surface area (Å²) in [5, 5.41) is 17.6. The maximum Gasteiger partial charge on any atom is 0.283 e. The van der Waals surface area contributed by atoms with Crippen molar-refractivity contribution in [3.05, 3.63) is 83.4 Å². The Bertz CT molecular complexity index is 1550. The molecule has 1 saturated heterocycles. The van der Waals surface area contributed by atoms with Gasteiger partial charge >= 0.3 is 0 Å². The predicted molar refractivity (Wildman–Crippen MR) is 155 cm³/mol. The number of hydrazone groups is 1. The third-order valence-electron chi connectivity index (χ3n) is 6.97. The zero-order valence-electron chi connectivity index (χ0n) is 21.3. The molecular weight excluding hydrogens is 510 g/mol. The van der Waals surface area contributed by atoms with E-state index in [1.54, 1.807) is 6.08 Å². The van der Waals surface area contributed by atoms with Gasteiger partial charge in [-0.2, -0.15) is 15.1 Å². The topological polar surface area (TPSA) is 98.4 Å². The number of piperidine rings is 1. The minimum atomic E-state index is -0.492. The lowest BCUT2D eigenvalue weighted by molar-refractivity contribution is -0.130. The van der Waals surface area contributed by atoms with Crippen LogP contribution in [-0.4, -0.2) is 50.9 Å². The minimum absolute atomic E-state index is 0.0257. The van der Waals surface area contributed by atoms with Crippen molar-refractivity contribution in [2.45, 2.75) is 32.3 Å². The van der Waals surface area contributed by atoms with Crippen LogP contribution in [0.2, 0.25) is 0 Å². The summed E-state index contributed by atoms with van der Waals surface area (Å²) < 4.78 is 6.02. The molecule has 0 atom stereocenters. The maximum absolute atomic E-state index is 12.8. The van der Waals surface area contributed by atoms with Crippen molar-refractivity contribution in [3.8, 4) is 5.75 Å². The normalized spacial score (nSPS) is 18.3. The molecule has 39 heavy (non-hydrogen) atoms. The van der Waals surface area contributed by atoms with Crippen LogP contribution in [-0.2, 0) is 16.2 Å². The Balaban J connectivity index is 1.12. The summed E-state index contributed by atoms with van der Waals surface area (Å²) in [6.45, 7) is 1.99. The Morgan fingerprint density at radius 2 is 1.77 bits per heavy atom. The standard InChI is InChI=1S/C30H27N5O3S/c31-28-25(29(37)32-30-35(28)33-26(39-30)18-27(36)34-15-4-1-5-16-34)17-20-11-13-23(14-12-20)38-19-22-9-6-8-21-7-2-3-10-24(21)22/h2-3,6-14,17,31H,1,4-5,15-16,18-19H2/b25-17-,31-28?. The van der Waals surface area contributed by atoms with Crippen LogP contribution in [0.25, 0.3) is 16.8 Å². The van der Waals surface area contributed by atoms with Crippen molar-refractivity contribution in [3.63, 3.8) is 0 Å². The summed E-state index contributed by atoms with van der Waals surface area (Å²) in [6, 6.07) is 21.8. The average Bonchev–Trinajstić information content (AvgIpc) is 3.37. The molecule has 0 spiro atoms. The fourth-order valence-corrected chi connectivity index (χ4v) is 5.77. The van der Waals surface area contributed by atoms with Gasteiger partial charge in [-0.1, -0.05) is 54.6 Å². The zero-order valence-corrected chi connectivity index (χ0v) is 22.1. The molecule has 3 aromatic rings. The SMILES string of the molecule is N=C1/C(=C/c2ccc(OCc3cccc4ccccc34)cc2)C(=O)N=C2SC(CC(=O)N3CCCCC3)=NN12. The predicted octanol–water partition coefficient (Wildman–Crippen LogP) is 5.44. The number of hydrogen-bond donors (Lipinski definition) is 1. The molecule has 3 aromatic carbocycles. The van der Waals surface area contributed by atoms with Crippen LogP contribution in [0.3, 0.4) is 0 Å². The first-order valence-electron chi connectivity index (χ1n) is 13.0. The molecule has 2 amide bonds. The Labute approximate surface area is 230 Å². The number of benzene rings is 3. The number of amides is 2. The van der Waals surface area contributed by atoms with Crippen molar-refractivity contribution in [2.75, 3.05) is 13.1 Å². The lowest BCUT2D eigenvalue weighted by Crippen LogP contribution is -2.36. The van der Waals surface area contributed by atoms with Gasteiger partial charge in [-0.25, -0.2) is 0 Å². The van der Waals surface area contributed by atoms with E-state index in [1.165, 1.54) is 22.2 Å². The van der Waals surface area contributed by atoms with Crippen molar-refractivity contribution < 1.29 is 14.3 Å². The number of amidine groups is 2. The van der Waals surface area contributed by atoms with Crippen LogP contribution < -0.4 is 4.74 Å². The van der Waals surface area contributed by atoms with Crippen molar-refractivity contribution in [2.24, 2.45) is 10.1 Å². The van der Waals surface area contributed by atoms with E-state index in [2.05, 4.69) is 34.4 Å². The van der Waals surface area contributed by atoms with E-state index in [0.29, 0.717) is 22.6 Å². The van der Waals surface area contributed by atoms with Crippen LogP contribution in [0, 0.1) is 5.41 Å². The number of likely N-dealkylation sites (tertiary alicyclic amines) is 1. The molecule has 196 valence electrons. The molecular formula is C30H27N5O3S. The molecule has 9 heteroatoms. The molecule has 3 aliphatic heterocycles. The quantitative estimate of drug-likeness (QED) is 0.422. The molecule has 0 unspecified atom stereocenters. The van der Waals surface area contributed by atoms with Crippen LogP contribution >= 0.6 is 11.8 Å². The Hall–Kier alpha value is -4.24. The molecule has 0 aliphatic carbocycles. The number of rotatable bonds is 6. The van der Waals surface area contributed by atoms with Crippen LogP contribution in [0.1, 0.15) is 36.8 Å². The number of carbonyl (C=O) groups excluding carboxylic acids is 2. The number of aliphatic imine (C=N–C) groups is 1. The van der Waals surface area contributed by atoms with Gasteiger partial charge in [-0.3, -0.25) is 15.0 Å². The van der Waals surface area contributed by atoms with Gasteiger partial charge in [0.1, 0.15) is 17.4 Å². The van der Waals surface area contributed by atoms with E-state index in [9.17, 15) is 9.59 Å². The summed E-state index contributed by atoms with van der Waals surface area (Å²) in [7, 11) is 0. The summed E-state index contributed by atoms with van der Waals surface area (Å²) in [6.07, 6.45) is 4.99. The lowest BCUT2D eigenvalue weighted by Gasteiger charge is -2.26. The highest BCUT2D eigenvalue weighted by Crippen LogP contribution is 2.30. The fraction of sp³-hybridized carbons (Fsp3) is 0.233. The molecule has 1 N–H and O–H groups in total. The Morgan fingerprint density at radius 1 is 1.00 bits per heavy atom. The van der Waals surface area contributed by atoms with Crippen molar-refractivity contribution >= 4 is 56.5 Å². The molecule has 0 saturated carbocycles. The first-order chi connectivity index (χ1) is 19.0. The van der Waals surface area contributed by atoms with Crippen LogP contribution in [0.5, 0.6) is 5.75 Å². The van der Waals surface area contributed by atoms with E-state index < -0.39 is 5.91 Å². The van der Waals surface area contributed by atoms with E-state index >= 15 is 0 Å². The summed E-state index contributed by atoms with van der Waals surface area (Å²) in [5.74, 6) is 0.194. The van der Waals surface area contributed by atoms with Gasteiger partial charge in [-0.05, 0) is 71.1 Å². The summed E-state index contributed by atoms with van der Waals surface area (Å²) >= 11 is 1.18. The van der Waals surface area contributed by atoms with E-state index in [0.717, 1.165) is 48.9 Å². The maximum atomic E-state index is 12.8. The van der Waals surface area contributed by atoms with Gasteiger partial charge in [0.05, 0.1) is 12.0 Å². The van der Waals surface area contributed by atoms with Gasteiger partial charge < -0.3 is 9.64 Å². The average molecular weight is 538 g/mol. The Morgan fingerprint density at radius 3 is 2.59 bits per heavy atom. The summed E-state index contributed by atoms with van der Waals surface area (Å²) in [4.78, 5) is 31.4. The second kappa shape index (κ2) is 10.9. The molecule has 3 heterocycles. The monoisotopic (exact) mass is 537 g/mol. The molecule has 0 aromatic heterocycles. The molecule has 8 nitrogen and oxygen atoms in total. The zero-order chi connectivity index (χ0) is 26.8. The molecule has 0 radical (unpaired) electrons. The van der Waals surface area contributed by atoms with E-state index in [1.807, 2.05) is 47.4 Å². The largest absolute Gasteiger partial charge is 0.489 e. The Kier molecular flexibility index (Phi) is 6.98. The van der Waals surface area contributed by atoms with Crippen molar-refractivity contribution in [1.29, 1.82) is 5.41 Å². The van der Waals surface area contributed by atoms with E-state index in [4.69, 9.17) is 10.1 Å². The van der Waals surface area contributed by atoms with Crippen molar-refractivity contribution in [1.82, 2.24) is 9.91 Å². The number of fused-ring (bicyclic) bond motifs is 2. The third-order valence-corrected chi connectivity index (χ3v) is 7.88. The van der Waals surface area contributed by atoms with Crippen LogP contribution in [0.4, 0.5) is 0 Å².